The van der Waals surface area contributed by atoms with Crippen molar-refractivity contribution in [1.29, 1.82) is 0 Å². The predicted octanol–water partition coefficient (Wildman–Crippen LogP) is 5.60. The minimum Gasteiger partial charge on any atom is -0.439 e. The number of ether oxygens (including phenoxy) is 2. The molecule has 0 radical (unpaired) electrons. The molecule has 2 N–H and O–H groups in total. The van der Waals surface area contributed by atoms with Gasteiger partial charge in [0.1, 0.15) is 0 Å². The number of hydrogen-bond donors (Lipinski definition) is 2. The molecule has 0 aliphatic rings. The summed E-state index contributed by atoms with van der Waals surface area (Å²) in [5, 5.41) is 4.00. The van der Waals surface area contributed by atoms with Crippen molar-refractivity contribution in [3.63, 3.8) is 0 Å². The van der Waals surface area contributed by atoms with Crippen LogP contribution in [0.3, 0.4) is 0 Å². The molecule has 1 aromatic heterocycles. The van der Waals surface area contributed by atoms with E-state index in [0.717, 1.165) is 31.3 Å². The van der Waals surface area contributed by atoms with Crippen molar-refractivity contribution in [3.8, 4) is 0 Å². The number of aldehydes is 1. The number of aromatic nitrogens is 1. The molecular formula is C26H40N2O4. The Hall–Kier alpha value is -2.34. The first-order valence-electron chi connectivity index (χ1n) is 11.6. The van der Waals surface area contributed by atoms with E-state index >= 15 is 0 Å². The smallest absolute Gasteiger partial charge is 0.408 e. The maximum atomic E-state index is 12.2. The molecule has 0 saturated carbocycles. The highest BCUT2D eigenvalue weighted by Gasteiger charge is 2.28. The number of rotatable bonds is 11. The summed E-state index contributed by atoms with van der Waals surface area (Å²) >= 11 is 0. The van der Waals surface area contributed by atoms with E-state index in [1.807, 2.05) is 20.8 Å². The molecule has 6 nitrogen and oxygen atoms in total. The summed E-state index contributed by atoms with van der Waals surface area (Å²) in [6, 6.07) is 6.54. The Morgan fingerprint density at radius 2 is 1.94 bits per heavy atom. The lowest BCUT2D eigenvalue weighted by molar-refractivity contribution is -0.116. The van der Waals surface area contributed by atoms with Crippen LogP contribution >= 0.6 is 0 Å². The second-order valence-electron chi connectivity index (χ2n) is 10.1. The third kappa shape index (κ3) is 7.37. The van der Waals surface area contributed by atoms with Crippen LogP contribution in [0.15, 0.2) is 24.4 Å². The van der Waals surface area contributed by atoms with Crippen molar-refractivity contribution in [2.45, 2.75) is 78.4 Å². The van der Waals surface area contributed by atoms with Gasteiger partial charge in [-0.15, -0.1) is 0 Å². The molecule has 0 spiro atoms. The number of aromatic amines is 1. The zero-order chi connectivity index (χ0) is 23.9. The molecule has 1 heterocycles. The van der Waals surface area contributed by atoms with Crippen LogP contribution in [0.4, 0.5) is 4.79 Å². The number of carbonyl (C=O) groups is 2. The summed E-state index contributed by atoms with van der Waals surface area (Å²) in [6.45, 7) is 12.9. The molecule has 1 aromatic carbocycles. The standard InChI is InChI=1S/C26H40N2O4/c1-17(2)22(14-21(16-29)32-25(30)28-26(4,5)6)18(3)19-10-11-24-23(13-19)20(15-27-24)9-8-12-31-7/h10-11,13,15-18,21-22,27H,8-9,12,14H2,1-7H3,(H,28,30). The maximum Gasteiger partial charge on any atom is 0.408 e. The third-order valence-corrected chi connectivity index (χ3v) is 6.00. The maximum absolute atomic E-state index is 12.2. The van der Waals surface area contributed by atoms with Gasteiger partial charge in [0.15, 0.2) is 12.4 Å². The topological polar surface area (TPSA) is 80.4 Å². The first kappa shape index (κ1) is 25.9. The van der Waals surface area contributed by atoms with Gasteiger partial charge >= 0.3 is 6.09 Å². The number of aryl methyl sites for hydroxylation is 1. The van der Waals surface area contributed by atoms with Gasteiger partial charge in [0.25, 0.3) is 0 Å². The van der Waals surface area contributed by atoms with Crippen LogP contribution in [-0.4, -0.2) is 42.7 Å². The van der Waals surface area contributed by atoms with Gasteiger partial charge in [0.05, 0.1) is 0 Å². The summed E-state index contributed by atoms with van der Waals surface area (Å²) in [7, 11) is 1.73. The van der Waals surface area contributed by atoms with Gasteiger partial charge in [-0.1, -0.05) is 26.8 Å². The first-order valence-corrected chi connectivity index (χ1v) is 11.6. The monoisotopic (exact) mass is 444 g/mol. The fourth-order valence-corrected chi connectivity index (χ4v) is 4.27. The number of amides is 1. The SMILES string of the molecule is COCCCc1c[nH]c2ccc(C(C)C(CC(C=O)OC(=O)NC(C)(C)C)C(C)C)cc12. The molecule has 3 atom stereocenters. The van der Waals surface area contributed by atoms with Crippen molar-refractivity contribution < 1.29 is 19.1 Å². The van der Waals surface area contributed by atoms with Gasteiger partial charge in [-0.3, -0.25) is 4.79 Å². The van der Waals surface area contributed by atoms with E-state index in [0.29, 0.717) is 12.3 Å². The van der Waals surface area contributed by atoms with Crippen LogP contribution in [0.1, 0.15) is 71.4 Å². The quantitative estimate of drug-likeness (QED) is 0.349. The van der Waals surface area contributed by atoms with Crippen molar-refractivity contribution in [2.75, 3.05) is 13.7 Å². The second kappa shape index (κ2) is 11.5. The van der Waals surface area contributed by atoms with Crippen LogP contribution in [0.25, 0.3) is 10.9 Å². The van der Waals surface area contributed by atoms with Gasteiger partial charge in [0, 0.05) is 36.4 Å². The Bertz CT molecular complexity index is 882. The second-order valence-corrected chi connectivity index (χ2v) is 10.1. The predicted molar refractivity (Wildman–Crippen MR) is 129 cm³/mol. The number of hydrogen-bond acceptors (Lipinski definition) is 4. The molecule has 1 amide bonds. The van der Waals surface area contributed by atoms with Crippen molar-refractivity contribution in [3.05, 3.63) is 35.5 Å². The van der Waals surface area contributed by atoms with Gasteiger partial charge < -0.3 is 19.8 Å². The van der Waals surface area contributed by atoms with E-state index in [4.69, 9.17) is 9.47 Å². The fourth-order valence-electron chi connectivity index (χ4n) is 4.27. The van der Waals surface area contributed by atoms with Crippen LogP contribution in [0, 0.1) is 11.8 Å². The fraction of sp³-hybridized carbons (Fsp3) is 0.615. The average molecular weight is 445 g/mol. The van der Waals surface area contributed by atoms with Gasteiger partial charge in [-0.2, -0.15) is 0 Å². The first-order chi connectivity index (χ1) is 15.1. The normalized spacial score (nSPS) is 14.9. The number of benzene rings is 1. The molecule has 2 aromatic rings. The van der Waals surface area contributed by atoms with Crippen molar-refractivity contribution >= 4 is 23.3 Å². The van der Waals surface area contributed by atoms with Crippen LogP contribution < -0.4 is 5.32 Å². The third-order valence-electron chi connectivity index (χ3n) is 6.00. The molecule has 0 bridgehead atoms. The van der Waals surface area contributed by atoms with E-state index in [1.165, 1.54) is 16.5 Å². The van der Waals surface area contributed by atoms with E-state index in [9.17, 15) is 9.59 Å². The molecular weight excluding hydrogens is 404 g/mol. The van der Waals surface area contributed by atoms with Gasteiger partial charge in [0.2, 0.25) is 0 Å². The lowest BCUT2D eigenvalue weighted by atomic mass is 9.77. The van der Waals surface area contributed by atoms with Gasteiger partial charge in [-0.25, -0.2) is 4.79 Å². The summed E-state index contributed by atoms with van der Waals surface area (Å²) in [6.07, 6.45) is 3.93. The Morgan fingerprint density at radius 3 is 2.53 bits per heavy atom. The average Bonchev–Trinajstić information content (AvgIpc) is 3.11. The molecule has 32 heavy (non-hydrogen) atoms. The zero-order valence-electron chi connectivity index (χ0n) is 20.7. The molecule has 6 heteroatoms. The number of carbonyl (C=O) groups excluding carboxylic acids is 2. The van der Waals surface area contributed by atoms with Crippen molar-refractivity contribution in [1.82, 2.24) is 10.3 Å². The molecule has 0 aliphatic heterocycles. The summed E-state index contributed by atoms with van der Waals surface area (Å²) < 4.78 is 10.6. The van der Waals surface area contributed by atoms with E-state index in [2.05, 4.69) is 55.5 Å². The van der Waals surface area contributed by atoms with Crippen molar-refractivity contribution in [2.24, 2.45) is 11.8 Å². The number of H-pyrrole nitrogens is 1. The molecule has 3 unspecified atom stereocenters. The summed E-state index contributed by atoms with van der Waals surface area (Å²) in [4.78, 5) is 27.3. The van der Waals surface area contributed by atoms with Crippen LogP contribution in [0.2, 0.25) is 0 Å². The molecule has 0 aliphatic carbocycles. The van der Waals surface area contributed by atoms with E-state index in [-0.39, 0.29) is 11.8 Å². The zero-order valence-corrected chi connectivity index (χ0v) is 20.7. The Morgan fingerprint density at radius 1 is 1.22 bits per heavy atom. The Balaban J connectivity index is 2.18. The molecule has 2 rings (SSSR count). The van der Waals surface area contributed by atoms with Gasteiger partial charge in [-0.05, 0) is 81.0 Å². The number of fused-ring (bicyclic) bond motifs is 1. The lowest BCUT2D eigenvalue weighted by Gasteiger charge is -2.30. The largest absolute Gasteiger partial charge is 0.439 e. The number of alkyl carbamates (subject to hydrolysis) is 1. The number of methoxy groups -OCH3 is 1. The highest BCUT2D eigenvalue weighted by Crippen LogP contribution is 2.35. The lowest BCUT2D eigenvalue weighted by Crippen LogP contribution is -2.43. The molecule has 178 valence electrons. The highest BCUT2D eigenvalue weighted by atomic mass is 16.6. The van der Waals surface area contributed by atoms with Crippen LogP contribution in [0.5, 0.6) is 0 Å². The molecule has 0 saturated heterocycles. The summed E-state index contributed by atoms with van der Waals surface area (Å²) in [5.74, 6) is 0.712. The number of nitrogens with one attached hydrogen (secondary N) is 2. The Kier molecular flexibility index (Phi) is 9.32. The highest BCUT2D eigenvalue weighted by molar-refractivity contribution is 5.84. The minimum atomic E-state index is -0.771. The van der Waals surface area contributed by atoms with E-state index in [1.54, 1.807) is 7.11 Å². The van der Waals surface area contributed by atoms with Crippen LogP contribution in [-0.2, 0) is 20.7 Å². The summed E-state index contributed by atoms with van der Waals surface area (Å²) in [5.41, 5.74) is 3.23. The molecule has 0 fully saturated rings. The van der Waals surface area contributed by atoms with E-state index < -0.39 is 17.7 Å². The minimum absolute atomic E-state index is 0.181. The Labute approximate surface area is 192 Å².